The van der Waals surface area contributed by atoms with E-state index in [-0.39, 0.29) is 11.8 Å². The number of carbonyl (C=O) groups excluding carboxylic acids is 2. The van der Waals surface area contributed by atoms with Gasteiger partial charge in [-0.05, 0) is 34.0 Å². The van der Waals surface area contributed by atoms with Crippen molar-refractivity contribution >= 4 is 33.3 Å². The van der Waals surface area contributed by atoms with Crippen molar-refractivity contribution < 1.29 is 9.59 Å². The van der Waals surface area contributed by atoms with E-state index in [9.17, 15) is 9.59 Å². The van der Waals surface area contributed by atoms with Crippen LogP contribution in [0.15, 0.2) is 16.4 Å². The standard InChI is InChI=1S/C11H12BrN5O2/c12-6-3-5-4(7-10(19)17-11(13)16-7)1-2-14-9(18)8(5)15-6/h3,11,15-16H,1-2,13H2,(H,14,18)(H,17,19). The second-order valence-electron chi connectivity index (χ2n) is 4.36. The molecule has 3 heterocycles. The second kappa shape index (κ2) is 4.39. The Labute approximate surface area is 117 Å². The Bertz CT molecular complexity index is 606. The number of amides is 2. The first-order valence-electron chi connectivity index (χ1n) is 5.79. The summed E-state index contributed by atoms with van der Waals surface area (Å²) in [5.74, 6) is -0.431. The molecule has 0 saturated carbocycles. The molecule has 0 aromatic carbocycles. The number of halogens is 1. The summed E-state index contributed by atoms with van der Waals surface area (Å²) >= 11 is 3.30. The predicted molar refractivity (Wildman–Crippen MR) is 71.6 cm³/mol. The van der Waals surface area contributed by atoms with Gasteiger partial charge >= 0.3 is 0 Å². The van der Waals surface area contributed by atoms with Gasteiger partial charge in [-0.15, -0.1) is 0 Å². The molecule has 1 aromatic rings. The van der Waals surface area contributed by atoms with Crippen molar-refractivity contribution in [1.82, 2.24) is 20.9 Å². The number of nitrogens with two attached hydrogens (primary N) is 1. The van der Waals surface area contributed by atoms with Crippen molar-refractivity contribution in [3.05, 3.63) is 27.6 Å². The smallest absolute Gasteiger partial charge is 0.270 e. The molecule has 3 rings (SSSR count). The summed E-state index contributed by atoms with van der Waals surface area (Å²) < 4.78 is 0.690. The molecule has 0 radical (unpaired) electrons. The molecule has 1 atom stereocenters. The van der Waals surface area contributed by atoms with E-state index in [0.717, 1.165) is 5.57 Å². The van der Waals surface area contributed by atoms with Crippen LogP contribution < -0.4 is 21.7 Å². The highest BCUT2D eigenvalue weighted by atomic mass is 79.9. The molecule has 2 aliphatic heterocycles. The third-order valence-electron chi connectivity index (χ3n) is 3.11. The molecule has 1 unspecified atom stereocenters. The lowest BCUT2D eigenvalue weighted by Gasteiger charge is -2.07. The van der Waals surface area contributed by atoms with Crippen LogP contribution in [0, 0.1) is 0 Å². The highest BCUT2D eigenvalue weighted by Gasteiger charge is 2.30. The SMILES string of the molecule is NC1NC(=O)C(=C2CCNC(=O)c3[nH]c(Br)cc32)N1. The summed E-state index contributed by atoms with van der Waals surface area (Å²) in [5.41, 5.74) is 8.01. The Morgan fingerprint density at radius 2 is 2.05 bits per heavy atom. The van der Waals surface area contributed by atoms with Crippen molar-refractivity contribution in [2.75, 3.05) is 6.54 Å². The van der Waals surface area contributed by atoms with Crippen LogP contribution in [-0.2, 0) is 4.79 Å². The maximum atomic E-state index is 11.9. The van der Waals surface area contributed by atoms with Gasteiger partial charge in [0.15, 0.2) is 6.29 Å². The third-order valence-corrected chi connectivity index (χ3v) is 3.54. The Morgan fingerprint density at radius 3 is 2.74 bits per heavy atom. The van der Waals surface area contributed by atoms with E-state index in [4.69, 9.17) is 5.73 Å². The fourth-order valence-corrected chi connectivity index (χ4v) is 2.74. The van der Waals surface area contributed by atoms with Crippen LogP contribution in [0.4, 0.5) is 0 Å². The van der Waals surface area contributed by atoms with Crippen molar-refractivity contribution in [2.45, 2.75) is 12.7 Å². The van der Waals surface area contributed by atoms with Crippen LogP contribution in [0.1, 0.15) is 22.5 Å². The van der Waals surface area contributed by atoms with E-state index < -0.39 is 6.29 Å². The molecule has 1 aromatic heterocycles. The Hall–Kier alpha value is -1.80. The number of aromatic nitrogens is 1. The number of carbonyl (C=O) groups is 2. The fourth-order valence-electron chi connectivity index (χ4n) is 2.32. The Kier molecular flexibility index (Phi) is 2.83. The number of rotatable bonds is 0. The van der Waals surface area contributed by atoms with Gasteiger partial charge in [0.2, 0.25) is 0 Å². The summed E-state index contributed by atoms with van der Waals surface area (Å²) in [6, 6.07) is 1.79. The van der Waals surface area contributed by atoms with Crippen LogP contribution in [0.2, 0.25) is 0 Å². The average Bonchev–Trinajstić information content (AvgIpc) is 2.84. The quantitative estimate of drug-likeness (QED) is 0.417. The summed E-state index contributed by atoms with van der Waals surface area (Å²) in [4.78, 5) is 26.7. The van der Waals surface area contributed by atoms with Crippen LogP contribution in [0.5, 0.6) is 0 Å². The topological polar surface area (TPSA) is 112 Å². The molecule has 1 saturated heterocycles. The number of H-pyrrole nitrogens is 1. The first-order valence-corrected chi connectivity index (χ1v) is 6.59. The van der Waals surface area contributed by atoms with E-state index in [1.165, 1.54) is 0 Å². The van der Waals surface area contributed by atoms with Crippen LogP contribution in [0.25, 0.3) is 5.57 Å². The van der Waals surface area contributed by atoms with E-state index in [1.807, 2.05) is 0 Å². The number of aromatic amines is 1. The molecule has 2 amide bonds. The van der Waals surface area contributed by atoms with Crippen molar-refractivity contribution in [3.63, 3.8) is 0 Å². The molecular formula is C11H12BrN5O2. The first-order chi connectivity index (χ1) is 9.06. The minimum absolute atomic E-state index is 0.181. The van der Waals surface area contributed by atoms with Crippen molar-refractivity contribution in [3.8, 4) is 0 Å². The van der Waals surface area contributed by atoms with E-state index >= 15 is 0 Å². The Balaban J connectivity index is 2.16. The summed E-state index contributed by atoms with van der Waals surface area (Å²) in [6.45, 7) is 0.474. The zero-order chi connectivity index (χ0) is 13.6. The second-order valence-corrected chi connectivity index (χ2v) is 5.22. The summed E-state index contributed by atoms with van der Waals surface area (Å²) in [5, 5.41) is 8.25. The highest BCUT2D eigenvalue weighted by molar-refractivity contribution is 9.10. The zero-order valence-corrected chi connectivity index (χ0v) is 11.4. The van der Waals surface area contributed by atoms with Gasteiger partial charge in [0.25, 0.3) is 11.8 Å². The minimum Gasteiger partial charge on any atom is -0.350 e. The van der Waals surface area contributed by atoms with E-state index in [1.54, 1.807) is 6.07 Å². The van der Waals surface area contributed by atoms with E-state index in [2.05, 4.69) is 36.9 Å². The molecule has 0 aliphatic carbocycles. The normalized spacial score (nSPS) is 26.3. The maximum absolute atomic E-state index is 11.9. The van der Waals surface area contributed by atoms with Gasteiger partial charge in [0, 0.05) is 12.1 Å². The molecule has 0 bridgehead atoms. The zero-order valence-electron chi connectivity index (χ0n) is 9.84. The molecule has 1 fully saturated rings. The maximum Gasteiger partial charge on any atom is 0.270 e. The molecule has 2 aliphatic rings. The van der Waals surface area contributed by atoms with Crippen molar-refractivity contribution in [1.29, 1.82) is 0 Å². The van der Waals surface area contributed by atoms with Gasteiger partial charge in [-0.3, -0.25) is 15.3 Å². The van der Waals surface area contributed by atoms with E-state index in [0.29, 0.717) is 34.5 Å². The summed E-state index contributed by atoms with van der Waals surface area (Å²) in [7, 11) is 0. The van der Waals surface area contributed by atoms with Crippen LogP contribution in [-0.4, -0.2) is 29.6 Å². The summed E-state index contributed by atoms with van der Waals surface area (Å²) in [6.07, 6.45) is -0.0290. The number of fused-ring (bicyclic) bond motifs is 1. The first kappa shape index (κ1) is 12.2. The molecule has 8 heteroatoms. The van der Waals surface area contributed by atoms with Gasteiger partial charge in [0.05, 0.1) is 4.60 Å². The largest absolute Gasteiger partial charge is 0.350 e. The molecule has 100 valence electrons. The average molecular weight is 326 g/mol. The van der Waals surface area contributed by atoms with Crippen molar-refractivity contribution in [2.24, 2.45) is 5.73 Å². The van der Waals surface area contributed by atoms with Crippen LogP contribution in [0.3, 0.4) is 0 Å². The van der Waals surface area contributed by atoms with Gasteiger partial charge in [-0.2, -0.15) is 0 Å². The monoisotopic (exact) mass is 325 g/mol. The van der Waals surface area contributed by atoms with Gasteiger partial charge in [-0.1, -0.05) is 0 Å². The third kappa shape index (κ3) is 2.02. The van der Waals surface area contributed by atoms with Gasteiger partial charge < -0.3 is 20.9 Å². The highest BCUT2D eigenvalue weighted by Crippen LogP contribution is 2.30. The molecule has 0 spiro atoms. The van der Waals surface area contributed by atoms with Gasteiger partial charge in [-0.25, -0.2) is 0 Å². The number of hydrogen-bond donors (Lipinski definition) is 5. The fraction of sp³-hybridized carbons (Fsp3) is 0.273. The number of hydrogen-bond acceptors (Lipinski definition) is 4. The minimum atomic E-state index is -0.590. The lowest BCUT2D eigenvalue weighted by Crippen LogP contribution is -2.40. The molecular weight excluding hydrogens is 314 g/mol. The molecule has 7 nitrogen and oxygen atoms in total. The lowest BCUT2D eigenvalue weighted by atomic mass is 10.0. The molecule has 19 heavy (non-hydrogen) atoms. The predicted octanol–water partition coefficient (Wildman–Crippen LogP) is -0.417. The van der Waals surface area contributed by atoms with Crippen LogP contribution >= 0.6 is 15.9 Å². The molecule has 6 N–H and O–H groups in total. The Morgan fingerprint density at radius 1 is 1.26 bits per heavy atom. The van der Waals surface area contributed by atoms with Gasteiger partial charge in [0.1, 0.15) is 11.4 Å². The lowest BCUT2D eigenvalue weighted by molar-refractivity contribution is -0.116. The number of nitrogens with one attached hydrogen (secondary N) is 4.